The van der Waals surface area contributed by atoms with E-state index in [-0.39, 0.29) is 31.1 Å². The molecule has 0 saturated heterocycles. The number of rotatable bonds is 42. The molecule has 0 rings (SSSR count). The summed E-state index contributed by atoms with van der Waals surface area (Å²) in [6.07, 6.45) is 42.6. The van der Waals surface area contributed by atoms with Crippen molar-refractivity contribution in [2.24, 2.45) is 0 Å². The third-order valence-electron chi connectivity index (χ3n) is 10.4. The van der Waals surface area contributed by atoms with Gasteiger partial charge in [-0.1, -0.05) is 220 Å². The molecule has 0 N–H and O–H groups in total. The molecule has 0 spiro atoms. The van der Waals surface area contributed by atoms with Crippen molar-refractivity contribution in [1.82, 2.24) is 0 Å². The molecule has 6 heteroatoms. The minimum absolute atomic E-state index is 0.0637. The van der Waals surface area contributed by atoms with Crippen LogP contribution in [-0.4, -0.2) is 37.2 Å². The number of ether oxygens (including phenoxy) is 3. The number of carbonyl (C=O) groups is 3. The van der Waals surface area contributed by atoms with Crippen LogP contribution in [0.15, 0.2) is 0 Å². The second-order valence-corrected chi connectivity index (χ2v) is 15.7. The molecule has 0 amide bonds. The maximum absolute atomic E-state index is 12.7. The number of carbonyl (C=O) groups excluding carboxylic acids is 3. The smallest absolute Gasteiger partial charge is 0.306 e. The van der Waals surface area contributed by atoms with Crippen molar-refractivity contribution >= 4 is 17.9 Å². The molecule has 1 unspecified atom stereocenters. The average Bonchev–Trinajstić information content (AvgIpc) is 3.14. The van der Waals surface area contributed by atoms with Crippen LogP contribution in [0.25, 0.3) is 0 Å². The van der Waals surface area contributed by atoms with E-state index in [2.05, 4.69) is 20.8 Å². The van der Waals surface area contributed by atoms with Crippen molar-refractivity contribution in [1.29, 1.82) is 0 Å². The Balaban J connectivity index is 4.15. The zero-order chi connectivity index (χ0) is 38.0. The Morgan fingerprint density at radius 3 is 0.769 bits per heavy atom. The second kappa shape index (κ2) is 42.2. The quantitative estimate of drug-likeness (QED) is 0.0353. The van der Waals surface area contributed by atoms with Gasteiger partial charge >= 0.3 is 17.9 Å². The summed E-state index contributed by atoms with van der Waals surface area (Å²) in [5.41, 5.74) is 0. The van der Waals surface area contributed by atoms with E-state index >= 15 is 0 Å². The van der Waals surface area contributed by atoms with E-state index in [1.165, 1.54) is 154 Å². The lowest BCUT2D eigenvalue weighted by atomic mass is 10.0. The molecule has 0 aromatic rings. The summed E-state index contributed by atoms with van der Waals surface area (Å²) in [4.78, 5) is 37.5. The van der Waals surface area contributed by atoms with Crippen LogP contribution < -0.4 is 0 Å². The van der Waals surface area contributed by atoms with Crippen LogP contribution in [0.5, 0.6) is 0 Å². The summed E-state index contributed by atoms with van der Waals surface area (Å²) in [5, 5.41) is 0. The van der Waals surface area contributed by atoms with Crippen molar-refractivity contribution < 1.29 is 28.6 Å². The lowest BCUT2D eigenvalue weighted by Gasteiger charge is -2.18. The van der Waals surface area contributed by atoms with Crippen LogP contribution in [-0.2, 0) is 28.6 Å². The standard InChI is InChI=1S/C46H88O6/c1-4-7-10-13-15-17-19-21-22-23-25-26-28-30-33-36-39-45(48)51-42-43(41-50-44(47)38-35-32-12-9-6-3)52-46(49)40-37-34-31-29-27-24-20-18-16-14-11-8-5-2/h43H,4-42H2,1-3H3. The van der Waals surface area contributed by atoms with Crippen molar-refractivity contribution in [3.05, 3.63) is 0 Å². The molecular weight excluding hydrogens is 648 g/mol. The van der Waals surface area contributed by atoms with E-state index in [0.29, 0.717) is 19.3 Å². The van der Waals surface area contributed by atoms with Gasteiger partial charge in [0, 0.05) is 19.3 Å². The van der Waals surface area contributed by atoms with Crippen molar-refractivity contribution in [3.63, 3.8) is 0 Å². The summed E-state index contributed by atoms with van der Waals surface area (Å²) in [5.74, 6) is -0.865. The normalized spacial score (nSPS) is 11.8. The Bertz CT molecular complexity index is 768. The maximum atomic E-state index is 12.7. The van der Waals surface area contributed by atoms with Crippen LogP contribution >= 0.6 is 0 Å². The monoisotopic (exact) mass is 737 g/mol. The molecule has 0 fully saturated rings. The van der Waals surface area contributed by atoms with Gasteiger partial charge in [0.15, 0.2) is 6.10 Å². The van der Waals surface area contributed by atoms with E-state index in [9.17, 15) is 14.4 Å². The largest absolute Gasteiger partial charge is 0.462 e. The van der Waals surface area contributed by atoms with Gasteiger partial charge < -0.3 is 14.2 Å². The first-order valence-electron chi connectivity index (χ1n) is 23.0. The first-order chi connectivity index (χ1) is 25.5. The fraction of sp³-hybridized carbons (Fsp3) is 0.935. The average molecular weight is 737 g/mol. The van der Waals surface area contributed by atoms with Crippen molar-refractivity contribution in [3.8, 4) is 0 Å². The van der Waals surface area contributed by atoms with E-state index in [4.69, 9.17) is 14.2 Å². The van der Waals surface area contributed by atoms with Gasteiger partial charge in [-0.2, -0.15) is 0 Å². The molecule has 0 saturated carbocycles. The minimum atomic E-state index is -0.756. The molecular formula is C46H88O6. The van der Waals surface area contributed by atoms with Gasteiger partial charge in [0.25, 0.3) is 0 Å². The summed E-state index contributed by atoms with van der Waals surface area (Å²) >= 11 is 0. The summed E-state index contributed by atoms with van der Waals surface area (Å²) in [6.45, 7) is 6.58. The molecule has 52 heavy (non-hydrogen) atoms. The first kappa shape index (κ1) is 50.4. The van der Waals surface area contributed by atoms with Gasteiger partial charge in [-0.25, -0.2) is 0 Å². The topological polar surface area (TPSA) is 78.9 Å². The molecule has 0 aliphatic carbocycles. The SMILES string of the molecule is CCCCCCCCCCCCCCCCCCC(=O)OCC(COC(=O)CCCCCCC)OC(=O)CCCCCCCCCCCCCCC. The Labute approximate surface area is 323 Å². The molecule has 0 aromatic carbocycles. The van der Waals surface area contributed by atoms with Gasteiger partial charge in [0.2, 0.25) is 0 Å². The number of esters is 3. The van der Waals surface area contributed by atoms with Gasteiger partial charge in [-0.15, -0.1) is 0 Å². The van der Waals surface area contributed by atoms with E-state index in [0.717, 1.165) is 64.2 Å². The highest BCUT2D eigenvalue weighted by Crippen LogP contribution is 2.16. The van der Waals surface area contributed by atoms with Crippen LogP contribution in [0.2, 0.25) is 0 Å². The predicted molar refractivity (Wildman–Crippen MR) is 220 cm³/mol. The maximum Gasteiger partial charge on any atom is 0.306 e. The highest BCUT2D eigenvalue weighted by Gasteiger charge is 2.19. The fourth-order valence-corrected chi connectivity index (χ4v) is 6.85. The second-order valence-electron chi connectivity index (χ2n) is 15.7. The summed E-state index contributed by atoms with van der Waals surface area (Å²) in [7, 11) is 0. The predicted octanol–water partition coefficient (Wildman–Crippen LogP) is 14.5. The molecule has 0 radical (unpaired) electrons. The fourth-order valence-electron chi connectivity index (χ4n) is 6.85. The number of hydrogen-bond acceptors (Lipinski definition) is 6. The van der Waals surface area contributed by atoms with Gasteiger partial charge in [0.05, 0.1) is 0 Å². The molecule has 0 aliphatic heterocycles. The Morgan fingerprint density at radius 2 is 0.519 bits per heavy atom. The highest BCUT2D eigenvalue weighted by molar-refractivity contribution is 5.71. The molecule has 308 valence electrons. The van der Waals surface area contributed by atoms with Crippen molar-refractivity contribution in [2.75, 3.05) is 13.2 Å². The zero-order valence-electron chi connectivity index (χ0n) is 35.1. The van der Waals surface area contributed by atoms with Gasteiger partial charge in [-0.3, -0.25) is 14.4 Å². The Hall–Kier alpha value is -1.59. The molecule has 0 bridgehead atoms. The van der Waals surface area contributed by atoms with Gasteiger partial charge in [-0.05, 0) is 19.3 Å². The molecule has 1 atom stereocenters. The van der Waals surface area contributed by atoms with E-state index in [1.807, 2.05) is 0 Å². The van der Waals surface area contributed by atoms with Gasteiger partial charge in [0.1, 0.15) is 13.2 Å². The summed E-state index contributed by atoms with van der Waals surface area (Å²) in [6, 6.07) is 0. The molecule has 0 aliphatic rings. The van der Waals surface area contributed by atoms with Crippen LogP contribution in [0.4, 0.5) is 0 Å². The van der Waals surface area contributed by atoms with E-state index < -0.39 is 6.10 Å². The molecule has 0 heterocycles. The third-order valence-corrected chi connectivity index (χ3v) is 10.4. The van der Waals surface area contributed by atoms with E-state index in [1.54, 1.807) is 0 Å². The first-order valence-corrected chi connectivity index (χ1v) is 23.0. The Morgan fingerprint density at radius 1 is 0.308 bits per heavy atom. The molecule has 6 nitrogen and oxygen atoms in total. The highest BCUT2D eigenvalue weighted by atomic mass is 16.6. The summed E-state index contributed by atoms with van der Waals surface area (Å²) < 4.78 is 16.6. The number of unbranched alkanes of at least 4 members (excludes halogenated alkanes) is 31. The lowest BCUT2D eigenvalue weighted by molar-refractivity contribution is -0.167. The van der Waals surface area contributed by atoms with Crippen LogP contribution in [0.1, 0.15) is 258 Å². The lowest BCUT2D eigenvalue weighted by Crippen LogP contribution is -2.30. The van der Waals surface area contributed by atoms with Crippen molar-refractivity contribution in [2.45, 2.75) is 264 Å². The molecule has 0 aromatic heterocycles. The Kier molecular flexibility index (Phi) is 40.9. The van der Waals surface area contributed by atoms with Crippen LogP contribution in [0, 0.1) is 0 Å². The van der Waals surface area contributed by atoms with Crippen LogP contribution in [0.3, 0.4) is 0 Å². The minimum Gasteiger partial charge on any atom is -0.462 e. The number of hydrogen-bond donors (Lipinski definition) is 0. The third kappa shape index (κ3) is 39.6. The zero-order valence-corrected chi connectivity index (χ0v) is 35.1.